The number of benzene rings is 1. The molecule has 1 atom stereocenters. The van der Waals surface area contributed by atoms with E-state index in [0.29, 0.717) is 13.1 Å². The zero-order valence-electron chi connectivity index (χ0n) is 15.1. The zero-order valence-corrected chi connectivity index (χ0v) is 15.1. The Hall–Kier alpha value is -2.04. The van der Waals surface area contributed by atoms with Crippen LogP contribution in [0.1, 0.15) is 56.1 Å². The molecule has 1 heterocycles. The summed E-state index contributed by atoms with van der Waals surface area (Å²) in [7, 11) is 0. The maximum absolute atomic E-state index is 12.6. The van der Waals surface area contributed by atoms with Crippen LogP contribution < -0.4 is 10.6 Å². The Morgan fingerprint density at radius 2 is 1.76 bits per heavy atom. The molecule has 2 N–H and O–H groups in total. The van der Waals surface area contributed by atoms with Gasteiger partial charge >= 0.3 is 6.03 Å². The first-order valence-electron chi connectivity index (χ1n) is 9.54. The normalized spacial score (nSPS) is 21.2. The predicted octanol–water partition coefficient (Wildman–Crippen LogP) is 3.12. The zero-order chi connectivity index (χ0) is 17.6. The van der Waals surface area contributed by atoms with Gasteiger partial charge in [0.25, 0.3) is 0 Å². The van der Waals surface area contributed by atoms with Gasteiger partial charge in [-0.3, -0.25) is 4.79 Å². The predicted molar refractivity (Wildman–Crippen MR) is 98.2 cm³/mol. The lowest BCUT2D eigenvalue weighted by Gasteiger charge is -2.29. The second-order valence-electron chi connectivity index (χ2n) is 7.34. The third kappa shape index (κ3) is 4.74. The van der Waals surface area contributed by atoms with Gasteiger partial charge in [0.2, 0.25) is 5.91 Å². The van der Waals surface area contributed by atoms with Gasteiger partial charge < -0.3 is 15.5 Å². The van der Waals surface area contributed by atoms with Crippen molar-refractivity contribution in [3.8, 4) is 0 Å². The van der Waals surface area contributed by atoms with Crippen LogP contribution in [0.15, 0.2) is 24.3 Å². The van der Waals surface area contributed by atoms with Gasteiger partial charge in [-0.1, -0.05) is 49.1 Å². The molecule has 1 saturated carbocycles. The van der Waals surface area contributed by atoms with E-state index in [1.54, 1.807) is 4.90 Å². The Morgan fingerprint density at radius 3 is 2.48 bits per heavy atom. The fraction of sp³-hybridized carbons (Fsp3) is 0.600. The van der Waals surface area contributed by atoms with E-state index < -0.39 is 0 Å². The number of hydrogen-bond donors (Lipinski definition) is 2. The summed E-state index contributed by atoms with van der Waals surface area (Å²) in [6.45, 7) is 3.22. The highest BCUT2D eigenvalue weighted by Crippen LogP contribution is 2.21. The number of nitrogens with one attached hydrogen (secondary N) is 2. The fourth-order valence-corrected chi connectivity index (χ4v) is 3.80. The minimum absolute atomic E-state index is 0.0446. The summed E-state index contributed by atoms with van der Waals surface area (Å²) in [4.78, 5) is 26.9. The van der Waals surface area contributed by atoms with Crippen molar-refractivity contribution in [2.45, 2.75) is 70.5 Å². The van der Waals surface area contributed by atoms with Crippen LogP contribution in [0.25, 0.3) is 0 Å². The number of carbonyl (C=O) groups excluding carboxylic acids is 2. The van der Waals surface area contributed by atoms with Crippen LogP contribution in [0.5, 0.6) is 0 Å². The van der Waals surface area contributed by atoms with Crippen LogP contribution in [0.4, 0.5) is 4.79 Å². The second kappa shape index (κ2) is 8.37. The van der Waals surface area contributed by atoms with Crippen LogP contribution in [-0.4, -0.2) is 35.5 Å². The summed E-state index contributed by atoms with van der Waals surface area (Å²) < 4.78 is 0. The Morgan fingerprint density at radius 1 is 1.04 bits per heavy atom. The summed E-state index contributed by atoms with van der Waals surface area (Å²) in [6, 6.07) is 8.00. The van der Waals surface area contributed by atoms with Crippen molar-refractivity contribution in [2.75, 3.05) is 6.54 Å². The monoisotopic (exact) mass is 343 g/mol. The highest BCUT2D eigenvalue weighted by Gasteiger charge is 2.34. The topological polar surface area (TPSA) is 61.4 Å². The molecule has 5 heteroatoms. The van der Waals surface area contributed by atoms with Gasteiger partial charge in [-0.2, -0.15) is 0 Å². The molecule has 1 aromatic carbocycles. The summed E-state index contributed by atoms with van der Waals surface area (Å²) in [5.41, 5.74) is 2.28. The molecular weight excluding hydrogens is 314 g/mol. The quantitative estimate of drug-likeness (QED) is 0.882. The van der Waals surface area contributed by atoms with E-state index in [1.165, 1.54) is 24.8 Å². The summed E-state index contributed by atoms with van der Waals surface area (Å²) in [5.74, 6) is -0.0446. The lowest BCUT2D eigenvalue weighted by molar-refractivity contribution is -0.124. The van der Waals surface area contributed by atoms with E-state index in [9.17, 15) is 9.59 Å². The first kappa shape index (κ1) is 17.8. The third-order valence-electron chi connectivity index (χ3n) is 5.34. The maximum Gasteiger partial charge on any atom is 0.318 e. The lowest BCUT2D eigenvalue weighted by Crippen LogP contribution is -2.51. The molecule has 0 radical (unpaired) electrons. The third-order valence-corrected chi connectivity index (χ3v) is 5.34. The van der Waals surface area contributed by atoms with Gasteiger partial charge in [0.15, 0.2) is 0 Å². The van der Waals surface area contributed by atoms with Crippen molar-refractivity contribution < 1.29 is 9.59 Å². The number of amides is 3. The van der Waals surface area contributed by atoms with Gasteiger partial charge in [-0.05, 0) is 38.2 Å². The first-order valence-corrected chi connectivity index (χ1v) is 9.54. The van der Waals surface area contributed by atoms with Crippen LogP contribution in [-0.2, 0) is 11.3 Å². The minimum atomic E-state index is -0.339. The lowest BCUT2D eigenvalue weighted by atomic mass is 9.96. The molecule has 3 rings (SSSR count). The van der Waals surface area contributed by atoms with Crippen LogP contribution >= 0.6 is 0 Å². The molecule has 25 heavy (non-hydrogen) atoms. The SMILES string of the molecule is Cc1ccc(CNC(=O)[C@@H]2CCCN2C(=O)NC2CCCCC2)cc1. The van der Waals surface area contributed by atoms with E-state index >= 15 is 0 Å². The Labute approximate surface area is 150 Å². The van der Waals surface area contributed by atoms with Crippen molar-refractivity contribution >= 4 is 11.9 Å². The van der Waals surface area contributed by atoms with Crippen molar-refractivity contribution in [3.05, 3.63) is 35.4 Å². The molecule has 2 fully saturated rings. The highest BCUT2D eigenvalue weighted by molar-refractivity contribution is 5.87. The smallest absolute Gasteiger partial charge is 0.318 e. The standard InChI is InChI=1S/C20H29N3O2/c1-15-9-11-16(12-10-15)14-21-19(24)18-8-5-13-23(18)20(25)22-17-6-3-2-4-7-17/h9-12,17-18H,2-8,13-14H2,1H3,(H,21,24)(H,22,25)/t18-/m0/s1. The molecule has 1 saturated heterocycles. The minimum Gasteiger partial charge on any atom is -0.350 e. The van der Waals surface area contributed by atoms with E-state index in [0.717, 1.165) is 31.2 Å². The van der Waals surface area contributed by atoms with Crippen molar-refractivity contribution in [1.82, 2.24) is 15.5 Å². The summed E-state index contributed by atoms with van der Waals surface area (Å²) >= 11 is 0. The van der Waals surface area contributed by atoms with Gasteiger partial charge in [0.05, 0.1) is 0 Å². The van der Waals surface area contributed by atoms with Gasteiger partial charge in [0, 0.05) is 19.1 Å². The first-order chi connectivity index (χ1) is 12.1. The molecular formula is C20H29N3O2. The number of carbonyl (C=O) groups is 2. The average molecular weight is 343 g/mol. The largest absolute Gasteiger partial charge is 0.350 e. The Bertz CT molecular complexity index is 593. The maximum atomic E-state index is 12.6. The molecule has 1 aliphatic heterocycles. The molecule has 0 aromatic heterocycles. The van der Waals surface area contributed by atoms with Gasteiger partial charge in [-0.25, -0.2) is 4.79 Å². The number of urea groups is 1. The number of likely N-dealkylation sites (tertiary alicyclic amines) is 1. The molecule has 136 valence electrons. The molecule has 0 unspecified atom stereocenters. The van der Waals surface area contributed by atoms with Crippen LogP contribution in [0, 0.1) is 6.92 Å². The molecule has 5 nitrogen and oxygen atoms in total. The number of rotatable bonds is 4. The molecule has 0 spiro atoms. The highest BCUT2D eigenvalue weighted by atomic mass is 16.2. The Balaban J connectivity index is 1.51. The number of nitrogens with zero attached hydrogens (tertiary/aromatic N) is 1. The molecule has 2 aliphatic rings. The Kier molecular flexibility index (Phi) is 5.95. The van der Waals surface area contributed by atoms with Crippen molar-refractivity contribution in [2.24, 2.45) is 0 Å². The van der Waals surface area contributed by atoms with Crippen LogP contribution in [0.2, 0.25) is 0 Å². The van der Waals surface area contributed by atoms with Gasteiger partial charge in [-0.15, -0.1) is 0 Å². The molecule has 1 aromatic rings. The molecule has 1 aliphatic carbocycles. The van der Waals surface area contributed by atoms with Crippen molar-refractivity contribution in [3.63, 3.8) is 0 Å². The molecule has 3 amide bonds. The van der Waals surface area contributed by atoms with E-state index in [2.05, 4.69) is 10.6 Å². The molecule has 0 bridgehead atoms. The second-order valence-corrected chi connectivity index (χ2v) is 7.34. The van der Waals surface area contributed by atoms with E-state index in [1.807, 2.05) is 31.2 Å². The van der Waals surface area contributed by atoms with Crippen LogP contribution in [0.3, 0.4) is 0 Å². The number of aryl methyl sites for hydroxylation is 1. The summed E-state index contributed by atoms with van der Waals surface area (Å²) in [5, 5.41) is 6.12. The van der Waals surface area contributed by atoms with E-state index in [4.69, 9.17) is 0 Å². The van der Waals surface area contributed by atoms with E-state index in [-0.39, 0.29) is 24.0 Å². The van der Waals surface area contributed by atoms with Crippen molar-refractivity contribution in [1.29, 1.82) is 0 Å². The fourth-order valence-electron chi connectivity index (χ4n) is 3.80. The van der Waals surface area contributed by atoms with Gasteiger partial charge in [0.1, 0.15) is 6.04 Å². The summed E-state index contributed by atoms with van der Waals surface area (Å²) in [6.07, 6.45) is 7.39. The number of hydrogen-bond acceptors (Lipinski definition) is 2. The average Bonchev–Trinajstić information content (AvgIpc) is 3.12.